The average Bonchev–Trinajstić information content (AvgIpc) is 2.41. The van der Waals surface area contributed by atoms with Crippen LogP contribution < -0.4 is 11.3 Å². The Morgan fingerprint density at radius 3 is 2.53 bits per heavy atom. The number of hydrogen-bond acceptors (Lipinski definition) is 2. The molecule has 2 aromatic carbocycles. The Hall–Kier alpha value is -0.430. The predicted octanol–water partition coefficient (Wildman–Crippen LogP) is 4.11. The van der Waals surface area contributed by atoms with Crippen LogP contribution in [0.3, 0.4) is 0 Å². The second-order valence-electron chi connectivity index (χ2n) is 4.57. The first-order chi connectivity index (χ1) is 9.10. The maximum Gasteiger partial charge on any atom is 0.0511 e. The van der Waals surface area contributed by atoms with Crippen LogP contribution >= 0.6 is 38.5 Å². The topological polar surface area (TPSA) is 38.0 Å². The van der Waals surface area contributed by atoms with Gasteiger partial charge >= 0.3 is 0 Å². The molecule has 3 N–H and O–H groups in total. The molecule has 2 rings (SSSR count). The van der Waals surface area contributed by atoms with Crippen molar-refractivity contribution in [3.05, 3.63) is 67.2 Å². The van der Waals surface area contributed by atoms with Crippen LogP contribution in [0.2, 0.25) is 0 Å². The molecule has 1 unspecified atom stereocenters. The summed E-state index contributed by atoms with van der Waals surface area (Å²) in [5.74, 6) is 5.73. The molecule has 1 atom stereocenters. The van der Waals surface area contributed by atoms with Crippen molar-refractivity contribution in [3.63, 3.8) is 0 Å². The fourth-order valence-corrected chi connectivity index (χ4v) is 3.09. The summed E-state index contributed by atoms with van der Waals surface area (Å²) in [5, 5.41) is 0. The number of halogens is 2. The van der Waals surface area contributed by atoms with Crippen molar-refractivity contribution in [1.29, 1.82) is 0 Å². The van der Waals surface area contributed by atoms with Gasteiger partial charge in [-0.1, -0.05) is 45.8 Å². The first kappa shape index (κ1) is 15.0. The van der Waals surface area contributed by atoms with Crippen molar-refractivity contribution in [2.45, 2.75) is 19.4 Å². The van der Waals surface area contributed by atoms with Gasteiger partial charge in [0.15, 0.2) is 0 Å². The molecular weight excluding hydrogens is 415 g/mol. The molecule has 100 valence electrons. The smallest absolute Gasteiger partial charge is 0.0511 e. The molecule has 0 fully saturated rings. The summed E-state index contributed by atoms with van der Waals surface area (Å²) in [6.45, 7) is 2.10. The van der Waals surface area contributed by atoms with Crippen molar-refractivity contribution in [1.82, 2.24) is 5.43 Å². The molecule has 2 nitrogen and oxygen atoms in total. The van der Waals surface area contributed by atoms with E-state index in [2.05, 4.69) is 87.3 Å². The van der Waals surface area contributed by atoms with Crippen LogP contribution in [0.1, 0.15) is 22.7 Å². The summed E-state index contributed by atoms with van der Waals surface area (Å²) in [4.78, 5) is 0. The third-order valence-corrected chi connectivity index (χ3v) is 4.57. The summed E-state index contributed by atoms with van der Waals surface area (Å²) in [6.07, 6.45) is 0.878. The quantitative estimate of drug-likeness (QED) is 0.435. The van der Waals surface area contributed by atoms with Crippen molar-refractivity contribution in [2.24, 2.45) is 5.84 Å². The van der Waals surface area contributed by atoms with Crippen LogP contribution in [0, 0.1) is 10.5 Å². The van der Waals surface area contributed by atoms with E-state index in [0.29, 0.717) is 0 Å². The number of hydrogen-bond donors (Lipinski definition) is 2. The van der Waals surface area contributed by atoms with Gasteiger partial charge in [0.05, 0.1) is 6.04 Å². The average molecular weight is 431 g/mol. The van der Waals surface area contributed by atoms with E-state index in [4.69, 9.17) is 5.84 Å². The van der Waals surface area contributed by atoms with Crippen LogP contribution in [0.4, 0.5) is 0 Å². The summed E-state index contributed by atoms with van der Waals surface area (Å²) in [7, 11) is 0. The Labute approximate surface area is 136 Å². The molecule has 0 aliphatic rings. The van der Waals surface area contributed by atoms with Crippen LogP contribution in [0.15, 0.2) is 46.9 Å². The third-order valence-electron chi connectivity index (χ3n) is 3.10. The van der Waals surface area contributed by atoms with E-state index in [1.807, 2.05) is 6.07 Å². The van der Waals surface area contributed by atoms with Crippen molar-refractivity contribution >= 4 is 38.5 Å². The van der Waals surface area contributed by atoms with Gasteiger partial charge in [0.2, 0.25) is 0 Å². The number of rotatable bonds is 4. The number of benzene rings is 2. The molecule has 0 spiro atoms. The predicted molar refractivity (Wildman–Crippen MR) is 91.8 cm³/mol. The lowest BCUT2D eigenvalue weighted by Crippen LogP contribution is -2.30. The Morgan fingerprint density at radius 2 is 1.89 bits per heavy atom. The minimum atomic E-state index is 0.118. The van der Waals surface area contributed by atoms with Crippen LogP contribution in [0.5, 0.6) is 0 Å². The SMILES string of the molecule is Cc1ccc(CC(NN)c2cc(Br)ccc2I)cc1. The van der Waals surface area contributed by atoms with E-state index >= 15 is 0 Å². The summed E-state index contributed by atoms with van der Waals surface area (Å²) < 4.78 is 2.29. The van der Waals surface area contributed by atoms with E-state index in [1.165, 1.54) is 20.3 Å². The van der Waals surface area contributed by atoms with Gasteiger partial charge in [-0.05, 0) is 65.3 Å². The summed E-state index contributed by atoms with van der Waals surface area (Å²) in [5.41, 5.74) is 6.70. The zero-order valence-corrected chi connectivity index (χ0v) is 14.4. The van der Waals surface area contributed by atoms with E-state index in [1.54, 1.807) is 0 Å². The highest BCUT2D eigenvalue weighted by molar-refractivity contribution is 14.1. The second kappa shape index (κ2) is 6.83. The monoisotopic (exact) mass is 430 g/mol. The highest BCUT2D eigenvalue weighted by Crippen LogP contribution is 2.26. The van der Waals surface area contributed by atoms with Gasteiger partial charge in [0, 0.05) is 8.04 Å². The standard InChI is InChI=1S/C15H16BrIN2/c1-10-2-4-11(5-3-10)8-15(19-18)13-9-12(16)6-7-14(13)17/h2-7,9,15,19H,8,18H2,1H3. The molecule has 2 aromatic rings. The maximum absolute atomic E-state index is 5.73. The number of nitrogens with one attached hydrogen (secondary N) is 1. The second-order valence-corrected chi connectivity index (χ2v) is 6.65. The highest BCUT2D eigenvalue weighted by Gasteiger charge is 2.14. The van der Waals surface area contributed by atoms with Gasteiger partial charge in [0.25, 0.3) is 0 Å². The van der Waals surface area contributed by atoms with Crippen LogP contribution in [0.25, 0.3) is 0 Å². The lowest BCUT2D eigenvalue weighted by molar-refractivity contribution is 0.549. The van der Waals surface area contributed by atoms with Crippen molar-refractivity contribution < 1.29 is 0 Å². The molecule has 0 radical (unpaired) electrons. The first-order valence-electron chi connectivity index (χ1n) is 6.07. The molecule has 0 aromatic heterocycles. The van der Waals surface area contributed by atoms with Gasteiger partial charge in [-0.15, -0.1) is 0 Å². The Kier molecular flexibility index (Phi) is 5.38. The molecule has 4 heteroatoms. The lowest BCUT2D eigenvalue weighted by atomic mass is 9.99. The lowest BCUT2D eigenvalue weighted by Gasteiger charge is -2.18. The third kappa shape index (κ3) is 4.02. The zero-order valence-electron chi connectivity index (χ0n) is 10.7. The molecule has 0 heterocycles. The molecule has 0 bridgehead atoms. The molecule has 0 aliphatic heterocycles. The van der Waals surface area contributed by atoms with E-state index in [9.17, 15) is 0 Å². The summed E-state index contributed by atoms with van der Waals surface area (Å²) in [6, 6.07) is 15.0. The van der Waals surface area contributed by atoms with Gasteiger partial charge in [0.1, 0.15) is 0 Å². The Bertz CT molecular complexity index is 555. The Balaban J connectivity index is 2.24. The minimum Gasteiger partial charge on any atom is -0.271 e. The largest absolute Gasteiger partial charge is 0.271 e. The fourth-order valence-electron chi connectivity index (χ4n) is 2.00. The van der Waals surface area contributed by atoms with E-state index in [-0.39, 0.29) is 6.04 Å². The normalized spacial score (nSPS) is 12.4. The van der Waals surface area contributed by atoms with Gasteiger partial charge in [-0.2, -0.15) is 0 Å². The van der Waals surface area contributed by atoms with E-state index in [0.717, 1.165) is 10.9 Å². The minimum absolute atomic E-state index is 0.118. The molecule has 0 amide bonds. The number of aryl methyl sites for hydroxylation is 1. The Morgan fingerprint density at radius 1 is 1.21 bits per heavy atom. The van der Waals surface area contributed by atoms with E-state index < -0.39 is 0 Å². The molecule has 0 aliphatic carbocycles. The van der Waals surface area contributed by atoms with Gasteiger partial charge < -0.3 is 0 Å². The molecule has 0 saturated heterocycles. The first-order valence-corrected chi connectivity index (χ1v) is 7.94. The molecular formula is C15H16BrIN2. The summed E-state index contributed by atoms with van der Waals surface area (Å²) >= 11 is 5.86. The van der Waals surface area contributed by atoms with Crippen LogP contribution in [-0.2, 0) is 6.42 Å². The maximum atomic E-state index is 5.73. The molecule has 19 heavy (non-hydrogen) atoms. The zero-order chi connectivity index (χ0) is 13.8. The van der Waals surface area contributed by atoms with Crippen molar-refractivity contribution in [3.8, 4) is 0 Å². The van der Waals surface area contributed by atoms with Gasteiger partial charge in [-0.25, -0.2) is 0 Å². The number of nitrogens with two attached hydrogens (primary N) is 1. The van der Waals surface area contributed by atoms with Crippen molar-refractivity contribution in [2.75, 3.05) is 0 Å². The highest BCUT2D eigenvalue weighted by atomic mass is 127. The van der Waals surface area contributed by atoms with Crippen LogP contribution in [-0.4, -0.2) is 0 Å². The number of hydrazine groups is 1. The van der Waals surface area contributed by atoms with Gasteiger partial charge in [-0.3, -0.25) is 11.3 Å². The fraction of sp³-hybridized carbons (Fsp3) is 0.200. The molecule has 0 saturated carbocycles.